The average Bonchev–Trinajstić information content (AvgIpc) is 2.48. The van der Waals surface area contributed by atoms with Crippen molar-refractivity contribution in [2.24, 2.45) is 0 Å². The number of amides is 1. The Morgan fingerprint density at radius 1 is 1.05 bits per heavy atom. The zero-order valence-corrected chi connectivity index (χ0v) is 13.1. The Morgan fingerprint density at radius 3 is 2.41 bits per heavy atom. The van der Waals surface area contributed by atoms with Crippen molar-refractivity contribution in [3.05, 3.63) is 54.1 Å². The topological polar surface area (TPSA) is 66.5 Å². The molecule has 1 heterocycles. The first-order valence-electron chi connectivity index (χ1n) is 6.93. The van der Waals surface area contributed by atoms with E-state index in [0.29, 0.717) is 16.9 Å². The Balaban J connectivity index is 2.22. The molecule has 2 aromatic carbocycles. The number of para-hydroxylation sites is 2. The Labute approximate surface area is 129 Å². The van der Waals surface area contributed by atoms with Gasteiger partial charge in [0.15, 0.2) is 0 Å². The molecule has 0 saturated heterocycles. The maximum absolute atomic E-state index is 13.1. The van der Waals surface area contributed by atoms with Crippen molar-refractivity contribution in [1.29, 1.82) is 0 Å². The van der Waals surface area contributed by atoms with Crippen molar-refractivity contribution in [1.82, 2.24) is 0 Å². The summed E-state index contributed by atoms with van der Waals surface area (Å²) in [6.07, 6.45) is 0. The summed E-state index contributed by atoms with van der Waals surface area (Å²) in [7, 11) is -3.82. The second-order valence-corrected chi connectivity index (χ2v) is 7.03. The van der Waals surface area contributed by atoms with Crippen LogP contribution in [0.3, 0.4) is 0 Å². The van der Waals surface area contributed by atoms with E-state index in [4.69, 9.17) is 0 Å². The van der Waals surface area contributed by atoms with E-state index in [0.717, 1.165) is 0 Å². The van der Waals surface area contributed by atoms with Crippen molar-refractivity contribution in [3.63, 3.8) is 0 Å². The third kappa shape index (κ3) is 2.16. The zero-order valence-electron chi connectivity index (χ0n) is 12.3. The molecule has 1 N–H and O–H groups in total. The summed E-state index contributed by atoms with van der Waals surface area (Å²) < 4.78 is 27.3. The number of aryl methyl sites for hydroxylation is 1. The molecule has 1 aliphatic heterocycles. The van der Waals surface area contributed by atoms with E-state index >= 15 is 0 Å². The first-order valence-corrected chi connectivity index (χ1v) is 8.37. The van der Waals surface area contributed by atoms with Crippen LogP contribution in [-0.4, -0.2) is 20.4 Å². The molecule has 114 valence electrons. The van der Waals surface area contributed by atoms with Gasteiger partial charge in [0.05, 0.1) is 16.3 Å². The van der Waals surface area contributed by atoms with Gasteiger partial charge in [-0.15, -0.1) is 0 Å². The Kier molecular flexibility index (Phi) is 3.41. The number of nitrogens with zero attached hydrogens (tertiary/aromatic N) is 1. The standard InChI is InChI=1S/C16H16N2O3S/c1-11-7-3-6-10-15(11)22(20,21)18-12(2)16(19)17-13-8-4-5-9-14(13)18/h3-10,12H,1-2H3,(H,17,19)/t12-/m1/s1. The van der Waals surface area contributed by atoms with E-state index in [1.165, 1.54) is 4.31 Å². The average molecular weight is 316 g/mol. The highest BCUT2D eigenvalue weighted by Gasteiger charge is 2.38. The largest absolute Gasteiger partial charge is 0.322 e. The van der Waals surface area contributed by atoms with Crippen molar-refractivity contribution in [3.8, 4) is 0 Å². The normalized spacial score (nSPS) is 17.8. The minimum Gasteiger partial charge on any atom is -0.322 e. The molecule has 1 amide bonds. The van der Waals surface area contributed by atoms with E-state index < -0.39 is 16.1 Å². The van der Waals surface area contributed by atoms with Gasteiger partial charge in [-0.25, -0.2) is 8.42 Å². The number of rotatable bonds is 2. The van der Waals surface area contributed by atoms with E-state index in [9.17, 15) is 13.2 Å². The summed E-state index contributed by atoms with van der Waals surface area (Å²) in [5.74, 6) is -0.337. The molecule has 0 aliphatic carbocycles. The molecule has 5 nitrogen and oxygen atoms in total. The lowest BCUT2D eigenvalue weighted by Crippen LogP contribution is -2.49. The third-order valence-corrected chi connectivity index (χ3v) is 5.81. The fourth-order valence-corrected chi connectivity index (χ4v) is 4.48. The predicted octanol–water partition coefficient (Wildman–Crippen LogP) is 2.53. The van der Waals surface area contributed by atoms with Crippen molar-refractivity contribution >= 4 is 27.3 Å². The van der Waals surface area contributed by atoms with Gasteiger partial charge in [-0.2, -0.15) is 0 Å². The highest BCUT2D eigenvalue weighted by molar-refractivity contribution is 7.93. The van der Waals surface area contributed by atoms with E-state index in [-0.39, 0.29) is 10.8 Å². The maximum Gasteiger partial charge on any atom is 0.265 e. The number of sulfonamides is 1. The van der Waals surface area contributed by atoms with Gasteiger partial charge in [-0.05, 0) is 37.6 Å². The maximum atomic E-state index is 13.1. The summed E-state index contributed by atoms with van der Waals surface area (Å²) in [5, 5.41) is 2.73. The van der Waals surface area contributed by atoms with Gasteiger partial charge in [-0.1, -0.05) is 30.3 Å². The number of benzene rings is 2. The summed E-state index contributed by atoms with van der Waals surface area (Å²) >= 11 is 0. The lowest BCUT2D eigenvalue weighted by Gasteiger charge is -2.35. The molecule has 0 aromatic heterocycles. The number of hydrogen-bond acceptors (Lipinski definition) is 3. The molecule has 1 atom stereocenters. The minimum atomic E-state index is -3.82. The lowest BCUT2D eigenvalue weighted by molar-refractivity contribution is -0.117. The molecular weight excluding hydrogens is 300 g/mol. The number of carbonyl (C=O) groups excluding carboxylic acids is 1. The second kappa shape index (κ2) is 5.14. The molecule has 0 saturated carbocycles. The molecule has 0 bridgehead atoms. The molecule has 0 spiro atoms. The molecule has 0 unspecified atom stereocenters. The minimum absolute atomic E-state index is 0.214. The van der Waals surface area contributed by atoms with Crippen LogP contribution in [0.15, 0.2) is 53.4 Å². The van der Waals surface area contributed by atoms with Gasteiger partial charge < -0.3 is 5.32 Å². The number of fused-ring (bicyclic) bond motifs is 1. The van der Waals surface area contributed by atoms with Gasteiger partial charge in [0.2, 0.25) is 5.91 Å². The molecule has 0 radical (unpaired) electrons. The van der Waals surface area contributed by atoms with Crippen LogP contribution < -0.4 is 9.62 Å². The second-order valence-electron chi connectivity index (χ2n) is 5.25. The monoisotopic (exact) mass is 316 g/mol. The van der Waals surface area contributed by atoms with Crippen molar-refractivity contribution in [2.45, 2.75) is 24.8 Å². The smallest absolute Gasteiger partial charge is 0.265 e. The van der Waals surface area contributed by atoms with Crippen molar-refractivity contribution in [2.75, 3.05) is 9.62 Å². The van der Waals surface area contributed by atoms with Gasteiger partial charge in [0.1, 0.15) is 6.04 Å². The van der Waals surface area contributed by atoms with Crippen LogP contribution in [0.4, 0.5) is 11.4 Å². The highest BCUT2D eigenvalue weighted by Crippen LogP contribution is 2.36. The molecule has 0 fully saturated rings. The lowest BCUT2D eigenvalue weighted by atomic mass is 10.1. The van der Waals surface area contributed by atoms with E-state index in [1.54, 1.807) is 62.4 Å². The first kappa shape index (κ1) is 14.6. The Bertz CT molecular complexity index is 846. The zero-order chi connectivity index (χ0) is 15.9. The Morgan fingerprint density at radius 2 is 1.68 bits per heavy atom. The highest BCUT2D eigenvalue weighted by atomic mass is 32.2. The van der Waals surface area contributed by atoms with E-state index in [2.05, 4.69) is 5.32 Å². The fourth-order valence-electron chi connectivity index (χ4n) is 2.61. The summed E-state index contributed by atoms with van der Waals surface area (Å²) in [6, 6.07) is 12.9. The first-order chi connectivity index (χ1) is 10.4. The number of carbonyl (C=O) groups is 1. The quantitative estimate of drug-likeness (QED) is 0.926. The molecular formula is C16H16N2O3S. The van der Waals surface area contributed by atoms with Crippen LogP contribution in [0, 0.1) is 6.92 Å². The van der Waals surface area contributed by atoms with Gasteiger partial charge in [0.25, 0.3) is 10.0 Å². The summed E-state index contributed by atoms with van der Waals surface area (Å²) in [5.41, 5.74) is 1.64. The molecule has 2 aromatic rings. The van der Waals surface area contributed by atoms with Crippen LogP contribution in [0.1, 0.15) is 12.5 Å². The molecule has 3 rings (SSSR count). The van der Waals surface area contributed by atoms with Crippen molar-refractivity contribution < 1.29 is 13.2 Å². The van der Waals surface area contributed by atoms with E-state index in [1.807, 2.05) is 0 Å². The van der Waals surface area contributed by atoms with Crippen LogP contribution in [0.25, 0.3) is 0 Å². The third-order valence-electron chi connectivity index (χ3n) is 3.76. The molecule has 1 aliphatic rings. The SMILES string of the molecule is Cc1ccccc1S(=O)(=O)N1c2ccccc2NC(=O)[C@H]1C. The number of hydrogen-bond donors (Lipinski definition) is 1. The van der Waals surface area contributed by atoms with Gasteiger partial charge in [-0.3, -0.25) is 9.10 Å². The van der Waals surface area contributed by atoms with Crippen LogP contribution in [-0.2, 0) is 14.8 Å². The predicted molar refractivity (Wildman–Crippen MR) is 85.4 cm³/mol. The molecule has 6 heteroatoms. The summed E-state index contributed by atoms with van der Waals surface area (Å²) in [4.78, 5) is 12.3. The number of anilines is 2. The number of nitrogens with one attached hydrogen (secondary N) is 1. The fraction of sp³-hybridized carbons (Fsp3) is 0.188. The molecule has 22 heavy (non-hydrogen) atoms. The van der Waals surface area contributed by atoms with Crippen LogP contribution in [0.5, 0.6) is 0 Å². The van der Waals surface area contributed by atoms with Crippen LogP contribution >= 0.6 is 0 Å². The van der Waals surface area contributed by atoms with Gasteiger partial charge >= 0.3 is 0 Å². The summed E-state index contributed by atoms with van der Waals surface area (Å²) in [6.45, 7) is 3.33. The Hall–Kier alpha value is -2.34. The van der Waals surface area contributed by atoms with Crippen LogP contribution in [0.2, 0.25) is 0 Å². The van der Waals surface area contributed by atoms with Gasteiger partial charge in [0, 0.05) is 0 Å².